The van der Waals surface area contributed by atoms with Gasteiger partial charge >= 0.3 is 0 Å². The van der Waals surface area contributed by atoms with Crippen molar-refractivity contribution in [2.45, 2.75) is 33.7 Å². The largest absolute Gasteiger partial charge is 0.347 e. The summed E-state index contributed by atoms with van der Waals surface area (Å²) in [5.74, 6) is -0.888. The third-order valence-corrected chi connectivity index (χ3v) is 3.02. The van der Waals surface area contributed by atoms with Gasteiger partial charge in [-0.05, 0) is 24.0 Å². The Labute approximate surface area is 108 Å². The van der Waals surface area contributed by atoms with Gasteiger partial charge in [-0.3, -0.25) is 4.79 Å². The second-order valence-corrected chi connectivity index (χ2v) is 5.56. The van der Waals surface area contributed by atoms with Gasteiger partial charge in [0.1, 0.15) is 5.82 Å². The summed E-state index contributed by atoms with van der Waals surface area (Å²) < 4.78 is 13.8. The van der Waals surface area contributed by atoms with Gasteiger partial charge < -0.3 is 11.1 Å². The molecule has 3 N–H and O–H groups in total. The lowest BCUT2D eigenvalue weighted by atomic mass is 9.86. The molecule has 0 aliphatic heterocycles. The molecule has 1 atom stereocenters. The third kappa shape index (κ3) is 3.29. The van der Waals surface area contributed by atoms with Crippen molar-refractivity contribution in [1.29, 1.82) is 0 Å². The summed E-state index contributed by atoms with van der Waals surface area (Å²) in [6.45, 7) is 7.91. The summed E-state index contributed by atoms with van der Waals surface area (Å²) >= 11 is 0. The second kappa shape index (κ2) is 5.48. The Kier molecular flexibility index (Phi) is 4.46. The number of carbonyl (C=O) groups excluding carboxylic acids is 1. The molecule has 0 bridgehead atoms. The highest BCUT2D eigenvalue weighted by atomic mass is 19.1. The van der Waals surface area contributed by atoms with Crippen LogP contribution in [0.25, 0.3) is 0 Å². The van der Waals surface area contributed by atoms with E-state index in [2.05, 4.69) is 5.32 Å². The van der Waals surface area contributed by atoms with Crippen molar-refractivity contribution >= 4 is 5.91 Å². The molecule has 3 nitrogen and oxygen atoms in total. The van der Waals surface area contributed by atoms with Crippen LogP contribution in [0.2, 0.25) is 0 Å². The normalized spacial score (nSPS) is 13.2. The van der Waals surface area contributed by atoms with Crippen LogP contribution in [0.4, 0.5) is 4.39 Å². The highest BCUT2D eigenvalue weighted by Crippen LogP contribution is 2.19. The van der Waals surface area contributed by atoms with Crippen LogP contribution in [0.15, 0.2) is 18.2 Å². The molecular formula is C14H21FN2O. The Hall–Kier alpha value is -1.42. The molecule has 1 aromatic rings. The summed E-state index contributed by atoms with van der Waals surface area (Å²) in [5.41, 5.74) is 6.01. The summed E-state index contributed by atoms with van der Waals surface area (Å²) in [4.78, 5) is 12.0. The molecule has 1 aromatic carbocycles. The van der Waals surface area contributed by atoms with Gasteiger partial charge in [-0.15, -0.1) is 0 Å². The standard InChI is InChI=1S/C14H21FN2O/c1-9-6-5-7-10(12(9)15)13(18)17-11(8-16)14(2,3)4/h5-7,11H,8,16H2,1-4H3,(H,17,18). The zero-order valence-corrected chi connectivity index (χ0v) is 11.4. The average Bonchev–Trinajstić information content (AvgIpc) is 2.27. The van der Waals surface area contributed by atoms with E-state index in [0.29, 0.717) is 12.1 Å². The number of aryl methyl sites for hydroxylation is 1. The Morgan fingerprint density at radius 3 is 2.56 bits per heavy atom. The van der Waals surface area contributed by atoms with Gasteiger partial charge in [-0.1, -0.05) is 32.9 Å². The van der Waals surface area contributed by atoms with Crippen molar-refractivity contribution < 1.29 is 9.18 Å². The number of rotatable bonds is 3. The third-order valence-electron chi connectivity index (χ3n) is 3.02. The van der Waals surface area contributed by atoms with Gasteiger partial charge in [0.25, 0.3) is 5.91 Å². The molecule has 0 radical (unpaired) electrons. The van der Waals surface area contributed by atoms with E-state index in [4.69, 9.17) is 5.73 Å². The molecule has 1 rings (SSSR count). The number of benzene rings is 1. The van der Waals surface area contributed by atoms with Gasteiger partial charge in [0, 0.05) is 12.6 Å². The van der Waals surface area contributed by atoms with Crippen LogP contribution >= 0.6 is 0 Å². The fourth-order valence-corrected chi connectivity index (χ4v) is 1.69. The summed E-state index contributed by atoms with van der Waals surface area (Å²) in [6, 6.07) is 4.59. The Balaban J connectivity index is 2.92. The lowest BCUT2D eigenvalue weighted by molar-refractivity contribution is 0.0901. The summed E-state index contributed by atoms with van der Waals surface area (Å²) in [5, 5.41) is 2.79. The van der Waals surface area contributed by atoms with Crippen LogP contribution in [-0.4, -0.2) is 18.5 Å². The van der Waals surface area contributed by atoms with Crippen molar-refractivity contribution in [3.8, 4) is 0 Å². The number of hydrogen-bond acceptors (Lipinski definition) is 2. The van der Waals surface area contributed by atoms with Crippen LogP contribution in [-0.2, 0) is 0 Å². The van der Waals surface area contributed by atoms with E-state index >= 15 is 0 Å². The first-order valence-corrected chi connectivity index (χ1v) is 6.03. The zero-order chi connectivity index (χ0) is 13.9. The van der Waals surface area contributed by atoms with Crippen LogP contribution in [0.5, 0.6) is 0 Å². The number of carbonyl (C=O) groups is 1. The number of nitrogens with one attached hydrogen (secondary N) is 1. The van der Waals surface area contributed by atoms with E-state index in [1.807, 2.05) is 20.8 Å². The fourth-order valence-electron chi connectivity index (χ4n) is 1.69. The maximum Gasteiger partial charge on any atom is 0.254 e. The quantitative estimate of drug-likeness (QED) is 0.866. The highest BCUT2D eigenvalue weighted by Gasteiger charge is 2.26. The Bertz CT molecular complexity index is 438. The van der Waals surface area contributed by atoms with Crippen molar-refractivity contribution in [2.24, 2.45) is 11.1 Å². The minimum absolute atomic E-state index is 0.0673. The van der Waals surface area contributed by atoms with Gasteiger partial charge in [0.05, 0.1) is 5.56 Å². The predicted octanol–water partition coefficient (Wildman–Crippen LogP) is 2.24. The predicted molar refractivity (Wildman–Crippen MR) is 70.9 cm³/mol. The Morgan fingerprint density at radius 2 is 2.06 bits per heavy atom. The molecule has 1 amide bonds. The SMILES string of the molecule is Cc1cccc(C(=O)NC(CN)C(C)(C)C)c1F. The molecule has 0 aliphatic carbocycles. The maximum atomic E-state index is 13.8. The van der Waals surface area contributed by atoms with E-state index in [9.17, 15) is 9.18 Å². The minimum atomic E-state index is -0.473. The van der Waals surface area contributed by atoms with Crippen LogP contribution in [0, 0.1) is 18.2 Å². The molecule has 0 aromatic heterocycles. The smallest absolute Gasteiger partial charge is 0.254 e. The van der Waals surface area contributed by atoms with Gasteiger partial charge in [-0.2, -0.15) is 0 Å². The lowest BCUT2D eigenvalue weighted by Gasteiger charge is -2.30. The number of hydrogen-bond donors (Lipinski definition) is 2. The summed E-state index contributed by atoms with van der Waals surface area (Å²) in [6.07, 6.45) is 0. The molecule has 100 valence electrons. The second-order valence-electron chi connectivity index (χ2n) is 5.56. The van der Waals surface area contributed by atoms with Crippen molar-refractivity contribution in [3.63, 3.8) is 0 Å². The summed E-state index contributed by atoms with van der Waals surface area (Å²) in [7, 11) is 0. The first-order valence-electron chi connectivity index (χ1n) is 6.03. The van der Waals surface area contributed by atoms with Crippen LogP contribution in [0.3, 0.4) is 0 Å². The highest BCUT2D eigenvalue weighted by molar-refractivity contribution is 5.94. The number of halogens is 1. The van der Waals surface area contributed by atoms with E-state index in [1.54, 1.807) is 19.1 Å². The van der Waals surface area contributed by atoms with Crippen LogP contribution < -0.4 is 11.1 Å². The van der Waals surface area contributed by atoms with Gasteiger partial charge in [0.15, 0.2) is 0 Å². The van der Waals surface area contributed by atoms with E-state index < -0.39 is 11.7 Å². The molecule has 4 heteroatoms. The molecule has 0 aliphatic rings. The lowest BCUT2D eigenvalue weighted by Crippen LogP contribution is -2.48. The first-order chi connectivity index (χ1) is 8.27. The molecule has 0 fully saturated rings. The van der Waals surface area contributed by atoms with Crippen molar-refractivity contribution in [2.75, 3.05) is 6.54 Å². The first kappa shape index (κ1) is 14.6. The number of nitrogens with two attached hydrogens (primary N) is 1. The molecule has 0 spiro atoms. The van der Waals surface area contributed by atoms with Gasteiger partial charge in [0.2, 0.25) is 0 Å². The fraction of sp³-hybridized carbons (Fsp3) is 0.500. The zero-order valence-electron chi connectivity index (χ0n) is 11.4. The Morgan fingerprint density at radius 1 is 1.44 bits per heavy atom. The number of amides is 1. The monoisotopic (exact) mass is 252 g/mol. The molecule has 0 heterocycles. The van der Waals surface area contributed by atoms with Crippen molar-refractivity contribution in [1.82, 2.24) is 5.32 Å². The minimum Gasteiger partial charge on any atom is -0.347 e. The maximum absolute atomic E-state index is 13.8. The van der Waals surface area contributed by atoms with E-state index in [-0.39, 0.29) is 17.0 Å². The van der Waals surface area contributed by atoms with Gasteiger partial charge in [-0.25, -0.2) is 4.39 Å². The molecule has 0 saturated carbocycles. The van der Waals surface area contributed by atoms with Crippen LogP contribution in [0.1, 0.15) is 36.7 Å². The molecular weight excluding hydrogens is 231 g/mol. The topological polar surface area (TPSA) is 55.1 Å². The van der Waals surface area contributed by atoms with Crippen molar-refractivity contribution in [3.05, 3.63) is 35.1 Å². The average molecular weight is 252 g/mol. The molecule has 0 saturated heterocycles. The molecule has 1 unspecified atom stereocenters. The van der Waals surface area contributed by atoms with E-state index in [0.717, 1.165) is 0 Å². The molecule has 18 heavy (non-hydrogen) atoms. The van der Waals surface area contributed by atoms with E-state index in [1.165, 1.54) is 6.07 Å².